The number of hydrogen-bond donors (Lipinski definition) is 1. The van der Waals surface area contributed by atoms with E-state index in [1.54, 1.807) is 11.1 Å². The topological polar surface area (TPSA) is 12.0 Å². The third kappa shape index (κ3) is 1.37. The van der Waals surface area contributed by atoms with Crippen LogP contribution in [-0.2, 0) is 0 Å². The fraction of sp³-hybridized carbons (Fsp3) is 0.538. The molecule has 0 aromatic rings. The van der Waals surface area contributed by atoms with Crippen LogP contribution in [0.1, 0.15) is 19.3 Å². The molecule has 15 heavy (non-hydrogen) atoms. The summed E-state index contributed by atoms with van der Waals surface area (Å²) >= 11 is 0. The van der Waals surface area contributed by atoms with E-state index in [1.165, 1.54) is 25.4 Å². The van der Waals surface area contributed by atoms with Gasteiger partial charge in [-0.2, -0.15) is 0 Å². The van der Waals surface area contributed by atoms with Crippen LogP contribution in [0.3, 0.4) is 0 Å². The van der Waals surface area contributed by atoms with Crippen molar-refractivity contribution in [3.63, 3.8) is 0 Å². The fourth-order valence-electron chi connectivity index (χ4n) is 3.21. The van der Waals surface area contributed by atoms with E-state index in [-0.39, 0.29) is 0 Å². The Bertz CT molecular complexity index is 367. The zero-order valence-electron chi connectivity index (χ0n) is 9.22. The van der Waals surface area contributed by atoms with E-state index in [1.807, 2.05) is 0 Å². The molecule has 3 aliphatic rings. The van der Waals surface area contributed by atoms with Crippen molar-refractivity contribution in [3.05, 3.63) is 35.5 Å². The van der Waals surface area contributed by atoms with Gasteiger partial charge in [0.25, 0.3) is 0 Å². The Labute approximate surface area is 93.5 Å². The molecule has 0 saturated carbocycles. The molecular formula is C13H18NP. The van der Waals surface area contributed by atoms with Crippen LogP contribution in [0.5, 0.6) is 0 Å². The summed E-state index contributed by atoms with van der Waals surface area (Å²) in [6.07, 6.45) is 14.7. The maximum Gasteiger partial charge on any atom is 0.0332 e. The zero-order chi connectivity index (χ0) is 10.3. The average Bonchev–Trinajstić information content (AvgIpc) is 2.87. The second-order valence-electron chi connectivity index (χ2n) is 4.67. The number of rotatable bonds is 1. The monoisotopic (exact) mass is 219 g/mol. The van der Waals surface area contributed by atoms with Crippen molar-refractivity contribution in [2.75, 3.05) is 13.2 Å². The van der Waals surface area contributed by atoms with Crippen molar-refractivity contribution >= 4 is 8.58 Å². The molecule has 0 amide bonds. The SMILES string of the molecule is CNC1CC2(C=CCP2)C2=C1C=CCC2. The van der Waals surface area contributed by atoms with E-state index in [2.05, 4.69) is 36.7 Å². The van der Waals surface area contributed by atoms with Gasteiger partial charge in [0.05, 0.1) is 0 Å². The van der Waals surface area contributed by atoms with Crippen LogP contribution >= 0.6 is 8.58 Å². The van der Waals surface area contributed by atoms with Crippen LogP contribution in [0.25, 0.3) is 0 Å². The Morgan fingerprint density at radius 3 is 3.13 bits per heavy atom. The minimum absolute atomic E-state index is 0.466. The molecule has 0 fully saturated rings. The molecule has 2 aliphatic carbocycles. The highest BCUT2D eigenvalue weighted by molar-refractivity contribution is 7.41. The Morgan fingerprint density at radius 2 is 2.40 bits per heavy atom. The van der Waals surface area contributed by atoms with Crippen molar-refractivity contribution in [2.24, 2.45) is 0 Å². The second kappa shape index (κ2) is 3.57. The molecule has 3 unspecified atom stereocenters. The first kappa shape index (κ1) is 9.81. The van der Waals surface area contributed by atoms with E-state index in [0.29, 0.717) is 11.2 Å². The van der Waals surface area contributed by atoms with Crippen LogP contribution in [0.15, 0.2) is 35.5 Å². The van der Waals surface area contributed by atoms with Gasteiger partial charge in [0.2, 0.25) is 0 Å². The zero-order valence-corrected chi connectivity index (χ0v) is 10.2. The molecule has 1 aliphatic heterocycles. The molecule has 0 aromatic carbocycles. The molecule has 1 nitrogen and oxygen atoms in total. The lowest BCUT2D eigenvalue weighted by Crippen LogP contribution is -2.27. The molecule has 80 valence electrons. The highest BCUT2D eigenvalue weighted by atomic mass is 31.1. The normalized spacial score (nSPS) is 39.7. The van der Waals surface area contributed by atoms with Crippen LogP contribution in [0.2, 0.25) is 0 Å². The van der Waals surface area contributed by atoms with Gasteiger partial charge in [-0.05, 0) is 38.0 Å². The average molecular weight is 219 g/mol. The molecule has 3 rings (SSSR count). The van der Waals surface area contributed by atoms with Crippen molar-refractivity contribution < 1.29 is 0 Å². The van der Waals surface area contributed by atoms with E-state index in [4.69, 9.17) is 0 Å². The Hall–Kier alpha value is -0.390. The molecule has 0 saturated heterocycles. The van der Waals surface area contributed by atoms with Crippen molar-refractivity contribution in [1.82, 2.24) is 5.32 Å². The van der Waals surface area contributed by atoms with Crippen molar-refractivity contribution in [1.29, 1.82) is 0 Å². The Kier molecular flexibility index (Phi) is 2.34. The quantitative estimate of drug-likeness (QED) is 0.528. The van der Waals surface area contributed by atoms with Gasteiger partial charge in [-0.15, -0.1) is 8.58 Å². The largest absolute Gasteiger partial charge is 0.313 e. The van der Waals surface area contributed by atoms with Crippen LogP contribution in [0.4, 0.5) is 0 Å². The highest BCUT2D eigenvalue weighted by Gasteiger charge is 2.43. The summed E-state index contributed by atoms with van der Waals surface area (Å²) in [5, 5.41) is 3.94. The number of nitrogens with one attached hydrogen (secondary N) is 1. The molecule has 1 N–H and O–H groups in total. The van der Waals surface area contributed by atoms with E-state index >= 15 is 0 Å². The summed E-state index contributed by atoms with van der Waals surface area (Å²) in [6.45, 7) is 0. The van der Waals surface area contributed by atoms with E-state index < -0.39 is 0 Å². The van der Waals surface area contributed by atoms with Gasteiger partial charge in [0.1, 0.15) is 0 Å². The molecule has 0 aromatic heterocycles. The first-order chi connectivity index (χ1) is 7.36. The third-order valence-electron chi connectivity index (χ3n) is 3.93. The number of allylic oxidation sites excluding steroid dienone is 4. The predicted molar refractivity (Wildman–Crippen MR) is 67.9 cm³/mol. The summed E-state index contributed by atoms with van der Waals surface area (Å²) in [7, 11) is 3.18. The van der Waals surface area contributed by atoms with E-state index in [0.717, 1.165) is 8.58 Å². The summed E-state index contributed by atoms with van der Waals surface area (Å²) in [4.78, 5) is 0. The standard InChI is InChI=1S/C13H18NP/c1-14-12-9-13(7-4-8-15-13)11-6-3-2-5-10(11)12/h2,4-5,7,12,14-15H,3,6,8-9H2,1H3. The molecule has 3 atom stereocenters. The highest BCUT2D eigenvalue weighted by Crippen LogP contribution is 2.55. The molecule has 2 heteroatoms. The van der Waals surface area contributed by atoms with Crippen LogP contribution in [0, 0.1) is 0 Å². The van der Waals surface area contributed by atoms with Crippen LogP contribution in [-0.4, -0.2) is 24.4 Å². The van der Waals surface area contributed by atoms with Gasteiger partial charge in [-0.25, -0.2) is 0 Å². The van der Waals surface area contributed by atoms with E-state index in [9.17, 15) is 0 Å². The van der Waals surface area contributed by atoms with Crippen molar-refractivity contribution in [3.8, 4) is 0 Å². The van der Waals surface area contributed by atoms with Crippen molar-refractivity contribution in [2.45, 2.75) is 30.5 Å². The van der Waals surface area contributed by atoms with Gasteiger partial charge in [0.15, 0.2) is 0 Å². The van der Waals surface area contributed by atoms with Gasteiger partial charge in [0, 0.05) is 11.2 Å². The summed E-state index contributed by atoms with van der Waals surface area (Å²) in [5.74, 6) is 0. The minimum atomic E-state index is 0.466. The first-order valence-electron chi connectivity index (χ1n) is 5.86. The van der Waals surface area contributed by atoms with Gasteiger partial charge < -0.3 is 5.32 Å². The first-order valence-corrected chi connectivity index (χ1v) is 7.06. The number of fused-ring (bicyclic) bond motifs is 1. The number of likely N-dealkylation sites (N-methyl/N-ethyl adjacent to an activating group) is 1. The smallest absolute Gasteiger partial charge is 0.0332 e. The fourth-order valence-corrected chi connectivity index (χ4v) is 4.88. The maximum absolute atomic E-state index is 3.48. The van der Waals surface area contributed by atoms with Gasteiger partial charge in [-0.3, -0.25) is 0 Å². The summed E-state index contributed by atoms with van der Waals surface area (Å²) in [6, 6.07) is 0.604. The minimum Gasteiger partial charge on any atom is -0.313 e. The number of hydrogen-bond acceptors (Lipinski definition) is 1. The lowest BCUT2D eigenvalue weighted by molar-refractivity contribution is 0.606. The predicted octanol–water partition coefficient (Wildman–Crippen LogP) is 2.61. The second-order valence-corrected chi connectivity index (χ2v) is 6.33. The lowest BCUT2D eigenvalue weighted by atomic mass is 9.92. The molecule has 0 radical (unpaired) electrons. The maximum atomic E-state index is 3.48. The molecule has 1 spiro atoms. The Balaban J connectivity index is 2.04. The molecular weight excluding hydrogens is 201 g/mol. The summed E-state index contributed by atoms with van der Waals surface area (Å²) in [5.41, 5.74) is 3.35. The van der Waals surface area contributed by atoms with Gasteiger partial charge in [-0.1, -0.05) is 29.9 Å². The Morgan fingerprint density at radius 1 is 1.47 bits per heavy atom. The molecule has 0 bridgehead atoms. The van der Waals surface area contributed by atoms with Crippen LogP contribution < -0.4 is 5.32 Å². The molecule has 1 heterocycles. The lowest BCUT2D eigenvalue weighted by Gasteiger charge is -2.26. The third-order valence-corrected chi connectivity index (χ3v) is 5.68. The van der Waals surface area contributed by atoms with Gasteiger partial charge >= 0.3 is 0 Å². The summed E-state index contributed by atoms with van der Waals surface area (Å²) < 4.78 is 0.